The zero-order valence-corrected chi connectivity index (χ0v) is 10.5. The number of nitrogens with zero attached hydrogens (tertiary/aromatic N) is 3. The fraction of sp³-hybridized carbons (Fsp3) is 0.231. The van der Waals surface area contributed by atoms with Crippen LogP contribution in [0, 0.1) is 10.1 Å². The summed E-state index contributed by atoms with van der Waals surface area (Å²) in [6.45, 7) is 2.05. The molecule has 0 fully saturated rings. The molecule has 1 unspecified atom stereocenters. The number of aromatic nitrogens is 2. The van der Waals surface area contributed by atoms with Crippen molar-refractivity contribution >= 4 is 11.6 Å². The molecule has 98 valence electrons. The van der Waals surface area contributed by atoms with Gasteiger partial charge in [-0.25, -0.2) is 9.97 Å². The van der Waals surface area contributed by atoms with Crippen LogP contribution in [0.4, 0.5) is 11.6 Å². The number of anilines is 1. The van der Waals surface area contributed by atoms with Gasteiger partial charge in [-0.05, 0) is 12.0 Å². The molecule has 2 rings (SSSR count). The minimum Gasteiger partial charge on any atom is -0.347 e. The van der Waals surface area contributed by atoms with E-state index in [0.29, 0.717) is 5.95 Å². The normalized spacial score (nSPS) is 11.8. The zero-order chi connectivity index (χ0) is 13.7. The number of hydrogen-bond acceptors (Lipinski definition) is 5. The third-order valence-electron chi connectivity index (χ3n) is 2.76. The van der Waals surface area contributed by atoms with E-state index in [0.717, 1.165) is 12.0 Å². The molecule has 0 spiro atoms. The fourth-order valence-electron chi connectivity index (χ4n) is 1.75. The molecule has 0 bridgehead atoms. The maximum atomic E-state index is 10.5. The first-order valence-electron chi connectivity index (χ1n) is 5.98. The predicted molar refractivity (Wildman–Crippen MR) is 71.8 cm³/mol. The quantitative estimate of drug-likeness (QED) is 0.658. The van der Waals surface area contributed by atoms with E-state index in [4.69, 9.17) is 0 Å². The Morgan fingerprint density at radius 2 is 1.89 bits per heavy atom. The second-order valence-electron chi connectivity index (χ2n) is 4.04. The number of rotatable bonds is 5. The van der Waals surface area contributed by atoms with Crippen LogP contribution in [0.2, 0.25) is 0 Å². The summed E-state index contributed by atoms with van der Waals surface area (Å²) in [5.41, 5.74) is 1.02. The maximum absolute atomic E-state index is 10.5. The summed E-state index contributed by atoms with van der Waals surface area (Å²) in [5.74, 6) is 0.390. The van der Waals surface area contributed by atoms with Gasteiger partial charge < -0.3 is 5.32 Å². The lowest BCUT2D eigenvalue weighted by Gasteiger charge is -2.16. The molecular formula is C13H14N4O2. The highest BCUT2D eigenvalue weighted by Gasteiger charge is 2.11. The van der Waals surface area contributed by atoms with E-state index in [1.807, 2.05) is 30.3 Å². The Bertz CT molecular complexity index is 542. The van der Waals surface area contributed by atoms with E-state index in [9.17, 15) is 10.1 Å². The maximum Gasteiger partial charge on any atom is 0.305 e. The third-order valence-corrected chi connectivity index (χ3v) is 2.76. The summed E-state index contributed by atoms with van der Waals surface area (Å²) < 4.78 is 0. The van der Waals surface area contributed by atoms with Crippen molar-refractivity contribution in [2.75, 3.05) is 5.32 Å². The van der Waals surface area contributed by atoms with Gasteiger partial charge in [-0.3, -0.25) is 10.1 Å². The summed E-state index contributed by atoms with van der Waals surface area (Å²) in [6, 6.07) is 10.0. The van der Waals surface area contributed by atoms with Gasteiger partial charge in [-0.2, -0.15) is 0 Å². The third kappa shape index (κ3) is 3.25. The first-order valence-corrected chi connectivity index (χ1v) is 5.98. The van der Waals surface area contributed by atoms with Gasteiger partial charge in [0.2, 0.25) is 5.95 Å². The fourth-order valence-corrected chi connectivity index (χ4v) is 1.75. The minimum absolute atomic E-state index is 0.0858. The Morgan fingerprint density at radius 1 is 1.26 bits per heavy atom. The highest BCUT2D eigenvalue weighted by molar-refractivity contribution is 5.34. The molecular weight excluding hydrogens is 244 g/mol. The van der Waals surface area contributed by atoms with Gasteiger partial charge in [0.25, 0.3) is 0 Å². The number of nitro groups is 1. The second kappa shape index (κ2) is 5.90. The second-order valence-corrected chi connectivity index (χ2v) is 4.04. The molecule has 1 atom stereocenters. The van der Waals surface area contributed by atoms with Crippen molar-refractivity contribution in [3.8, 4) is 0 Å². The molecule has 0 saturated carbocycles. The lowest BCUT2D eigenvalue weighted by atomic mass is 10.1. The predicted octanol–water partition coefficient (Wildman–Crippen LogP) is 2.95. The lowest BCUT2D eigenvalue weighted by Crippen LogP contribution is -2.11. The van der Waals surface area contributed by atoms with Gasteiger partial charge >= 0.3 is 5.69 Å². The molecule has 1 aromatic carbocycles. The topological polar surface area (TPSA) is 81.0 Å². The van der Waals surface area contributed by atoms with E-state index >= 15 is 0 Å². The average molecular weight is 258 g/mol. The molecule has 2 aromatic rings. The van der Waals surface area contributed by atoms with Crippen LogP contribution in [0.1, 0.15) is 24.9 Å². The SMILES string of the molecule is CCC(Nc1ncc([N+](=O)[O-])cn1)c1ccccc1. The van der Waals surface area contributed by atoms with E-state index in [1.165, 1.54) is 12.4 Å². The van der Waals surface area contributed by atoms with Gasteiger partial charge in [-0.1, -0.05) is 37.3 Å². The van der Waals surface area contributed by atoms with Crippen LogP contribution in [0.25, 0.3) is 0 Å². The molecule has 1 N–H and O–H groups in total. The molecule has 6 nitrogen and oxygen atoms in total. The highest BCUT2D eigenvalue weighted by Crippen LogP contribution is 2.20. The van der Waals surface area contributed by atoms with Crippen molar-refractivity contribution in [3.05, 3.63) is 58.4 Å². The van der Waals surface area contributed by atoms with Gasteiger partial charge in [0.05, 0.1) is 11.0 Å². The van der Waals surface area contributed by atoms with Crippen molar-refractivity contribution in [2.24, 2.45) is 0 Å². The van der Waals surface area contributed by atoms with Crippen molar-refractivity contribution in [3.63, 3.8) is 0 Å². The van der Waals surface area contributed by atoms with E-state index in [1.54, 1.807) is 0 Å². The molecule has 1 heterocycles. The molecule has 1 aromatic heterocycles. The Balaban J connectivity index is 2.12. The first kappa shape index (κ1) is 12.9. The van der Waals surface area contributed by atoms with E-state index in [-0.39, 0.29) is 11.7 Å². The number of hydrogen-bond donors (Lipinski definition) is 1. The molecule has 0 aliphatic rings. The van der Waals surface area contributed by atoms with Gasteiger partial charge in [-0.15, -0.1) is 0 Å². The average Bonchev–Trinajstić information content (AvgIpc) is 2.46. The number of benzene rings is 1. The van der Waals surface area contributed by atoms with Gasteiger partial charge in [0.15, 0.2) is 0 Å². The summed E-state index contributed by atoms with van der Waals surface area (Å²) >= 11 is 0. The van der Waals surface area contributed by atoms with Crippen LogP contribution >= 0.6 is 0 Å². The zero-order valence-electron chi connectivity index (χ0n) is 10.5. The van der Waals surface area contributed by atoms with Crippen LogP contribution < -0.4 is 5.32 Å². The summed E-state index contributed by atoms with van der Waals surface area (Å²) in [4.78, 5) is 17.9. The molecule has 0 amide bonds. The molecule has 0 aliphatic carbocycles. The van der Waals surface area contributed by atoms with E-state index in [2.05, 4.69) is 22.2 Å². The Morgan fingerprint density at radius 3 is 2.42 bits per heavy atom. The molecule has 0 aliphatic heterocycles. The Kier molecular flexibility index (Phi) is 4.02. The van der Waals surface area contributed by atoms with E-state index < -0.39 is 4.92 Å². The van der Waals surface area contributed by atoms with Crippen LogP contribution in [-0.2, 0) is 0 Å². The Labute approximate surface area is 110 Å². The van der Waals surface area contributed by atoms with Crippen LogP contribution in [0.3, 0.4) is 0 Å². The standard InChI is InChI=1S/C13H14N4O2/c1-2-12(10-6-4-3-5-7-10)16-13-14-8-11(9-15-13)17(18)19/h3-9,12H,2H2,1H3,(H,14,15,16). The first-order chi connectivity index (χ1) is 9.20. The van der Waals surface area contributed by atoms with Crippen molar-refractivity contribution in [1.82, 2.24) is 9.97 Å². The smallest absolute Gasteiger partial charge is 0.305 e. The summed E-state index contributed by atoms with van der Waals surface area (Å²) in [6.07, 6.45) is 3.27. The van der Waals surface area contributed by atoms with Gasteiger partial charge in [0, 0.05) is 0 Å². The molecule has 0 saturated heterocycles. The Hall–Kier alpha value is -2.50. The van der Waals surface area contributed by atoms with Crippen molar-refractivity contribution in [2.45, 2.75) is 19.4 Å². The summed E-state index contributed by atoms with van der Waals surface area (Å²) in [5, 5.41) is 13.7. The van der Waals surface area contributed by atoms with Crippen LogP contribution in [0.5, 0.6) is 0 Å². The van der Waals surface area contributed by atoms with Crippen LogP contribution in [0.15, 0.2) is 42.7 Å². The van der Waals surface area contributed by atoms with Gasteiger partial charge in [0.1, 0.15) is 12.4 Å². The van der Waals surface area contributed by atoms with Crippen molar-refractivity contribution in [1.29, 1.82) is 0 Å². The highest BCUT2D eigenvalue weighted by atomic mass is 16.6. The number of nitrogens with one attached hydrogen (secondary N) is 1. The lowest BCUT2D eigenvalue weighted by molar-refractivity contribution is -0.385. The molecule has 19 heavy (non-hydrogen) atoms. The monoisotopic (exact) mass is 258 g/mol. The molecule has 0 radical (unpaired) electrons. The molecule has 6 heteroatoms. The minimum atomic E-state index is -0.516. The largest absolute Gasteiger partial charge is 0.347 e. The van der Waals surface area contributed by atoms with Crippen LogP contribution in [-0.4, -0.2) is 14.9 Å². The van der Waals surface area contributed by atoms with Crippen molar-refractivity contribution < 1.29 is 4.92 Å². The summed E-state index contributed by atoms with van der Waals surface area (Å²) in [7, 11) is 0.